The van der Waals surface area contributed by atoms with Crippen molar-refractivity contribution in [2.24, 2.45) is 5.92 Å². The van der Waals surface area contributed by atoms with E-state index in [0.717, 1.165) is 30.2 Å². The van der Waals surface area contributed by atoms with Gasteiger partial charge in [0.15, 0.2) is 0 Å². The third-order valence-corrected chi connectivity index (χ3v) is 6.27. The van der Waals surface area contributed by atoms with Crippen molar-refractivity contribution in [3.05, 3.63) is 16.8 Å². The second-order valence-corrected chi connectivity index (χ2v) is 8.62. The molecule has 4 nitrogen and oxygen atoms in total. The Morgan fingerprint density at radius 1 is 1.21 bits per heavy atom. The summed E-state index contributed by atoms with van der Waals surface area (Å²) in [6, 6.07) is 0.713. The number of anilines is 1. The zero-order valence-corrected chi connectivity index (χ0v) is 15.9. The molecular weight excluding hydrogens is 316 g/mol. The van der Waals surface area contributed by atoms with E-state index in [1.807, 2.05) is 6.92 Å². The van der Waals surface area contributed by atoms with Crippen LogP contribution in [0, 0.1) is 12.8 Å². The second kappa shape index (κ2) is 6.60. The molecule has 2 aromatic rings. The molecule has 24 heavy (non-hydrogen) atoms. The van der Waals surface area contributed by atoms with E-state index >= 15 is 0 Å². The molecule has 5 heteroatoms. The number of likely N-dealkylation sites (tertiary alicyclic amines) is 1. The lowest BCUT2D eigenvalue weighted by molar-refractivity contribution is 0.260. The highest BCUT2D eigenvalue weighted by molar-refractivity contribution is 7.17. The van der Waals surface area contributed by atoms with Gasteiger partial charge in [0.2, 0.25) is 0 Å². The van der Waals surface area contributed by atoms with Crippen LogP contribution in [0.2, 0.25) is 0 Å². The summed E-state index contributed by atoms with van der Waals surface area (Å²) in [4.78, 5) is 16.0. The monoisotopic (exact) mass is 344 g/mol. The highest BCUT2D eigenvalue weighted by Gasteiger charge is 2.31. The van der Waals surface area contributed by atoms with Crippen molar-refractivity contribution in [2.75, 3.05) is 31.1 Å². The van der Waals surface area contributed by atoms with Crippen molar-refractivity contribution in [2.45, 2.75) is 52.5 Å². The summed E-state index contributed by atoms with van der Waals surface area (Å²) in [7, 11) is 0. The highest BCUT2D eigenvalue weighted by atomic mass is 32.1. The Morgan fingerprint density at radius 2 is 2.00 bits per heavy atom. The molecule has 0 aliphatic carbocycles. The SMILES string of the molecule is Cc1nc(N2CCC(N3CCCC3)C2)c2c(CC(C)C)csc2n1. The molecule has 2 aromatic heterocycles. The Morgan fingerprint density at radius 3 is 2.75 bits per heavy atom. The van der Waals surface area contributed by atoms with Gasteiger partial charge in [-0.25, -0.2) is 9.97 Å². The molecule has 4 rings (SSSR count). The van der Waals surface area contributed by atoms with Gasteiger partial charge in [0.05, 0.1) is 5.39 Å². The third kappa shape index (κ3) is 3.04. The first-order valence-corrected chi connectivity index (χ1v) is 10.2. The van der Waals surface area contributed by atoms with Gasteiger partial charge in [-0.15, -0.1) is 11.3 Å². The average molecular weight is 345 g/mol. The van der Waals surface area contributed by atoms with E-state index in [1.165, 1.54) is 49.1 Å². The number of aromatic nitrogens is 2. The molecule has 0 aromatic carbocycles. The normalized spacial score (nSPS) is 22.3. The molecule has 0 N–H and O–H groups in total. The topological polar surface area (TPSA) is 32.3 Å². The number of hydrogen-bond donors (Lipinski definition) is 0. The van der Waals surface area contributed by atoms with Crippen LogP contribution in [-0.2, 0) is 6.42 Å². The molecule has 130 valence electrons. The van der Waals surface area contributed by atoms with E-state index in [1.54, 1.807) is 11.3 Å². The molecule has 1 atom stereocenters. The maximum Gasteiger partial charge on any atom is 0.141 e. The van der Waals surface area contributed by atoms with Crippen LogP contribution in [0.25, 0.3) is 10.2 Å². The number of thiophene rings is 1. The second-order valence-electron chi connectivity index (χ2n) is 7.77. The molecule has 2 saturated heterocycles. The average Bonchev–Trinajstić information content (AvgIpc) is 3.26. The fourth-order valence-corrected chi connectivity index (χ4v) is 5.24. The predicted octanol–water partition coefficient (Wildman–Crippen LogP) is 3.87. The Kier molecular flexibility index (Phi) is 4.48. The molecule has 0 spiro atoms. The van der Waals surface area contributed by atoms with Crippen LogP contribution in [0.5, 0.6) is 0 Å². The van der Waals surface area contributed by atoms with E-state index in [-0.39, 0.29) is 0 Å². The number of rotatable bonds is 4. The Bertz CT molecular complexity index is 717. The van der Waals surface area contributed by atoms with Gasteiger partial charge >= 0.3 is 0 Å². The molecular formula is C19H28N4S. The molecule has 2 aliphatic rings. The van der Waals surface area contributed by atoms with Crippen LogP contribution in [0.3, 0.4) is 0 Å². The molecule has 0 amide bonds. The van der Waals surface area contributed by atoms with Gasteiger partial charge in [0.25, 0.3) is 0 Å². The van der Waals surface area contributed by atoms with Crippen molar-refractivity contribution in [1.29, 1.82) is 0 Å². The number of hydrogen-bond acceptors (Lipinski definition) is 5. The summed E-state index contributed by atoms with van der Waals surface area (Å²) in [5.74, 6) is 2.75. The zero-order valence-electron chi connectivity index (χ0n) is 15.1. The van der Waals surface area contributed by atoms with Crippen molar-refractivity contribution < 1.29 is 0 Å². The number of fused-ring (bicyclic) bond motifs is 1. The molecule has 0 radical (unpaired) electrons. The van der Waals surface area contributed by atoms with Crippen LogP contribution < -0.4 is 4.90 Å². The Balaban J connectivity index is 1.66. The molecule has 2 fully saturated rings. The molecule has 2 aliphatic heterocycles. The lowest BCUT2D eigenvalue weighted by Crippen LogP contribution is -2.35. The van der Waals surface area contributed by atoms with Crippen LogP contribution in [0.15, 0.2) is 5.38 Å². The Labute approximate surface area is 148 Å². The van der Waals surface area contributed by atoms with Gasteiger partial charge in [-0.05, 0) is 62.6 Å². The van der Waals surface area contributed by atoms with E-state index in [9.17, 15) is 0 Å². The van der Waals surface area contributed by atoms with Crippen LogP contribution in [-0.4, -0.2) is 47.1 Å². The first kappa shape index (κ1) is 16.3. The van der Waals surface area contributed by atoms with Gasteiger partial charge in [-0.3, -0.25) is 4.90 Å². The minimum atomic E-state index is 0.660. The summed E-state index contributed by atoms with van der Waals surface area (Å²) in [5.41, 5.74) is 1.43. The molecule has 0 bridgehead atoms. The number of aryl methyl sites for hydroxylation is 1. The summed E-state index contributed by atoms with van der Waals surface area (Å²) >= 11 is 1.78. The van der Waals surface area contributed by atoms with Crippen LogP contribution in [0.1, 0.15) is 44.5 Å². The fraction of sp³-hybridized carbons (Fsp3) is 0.684. The van der Waals surface area contributed by atoms with Crippen molar-refractivity contribution in [3.63, 3.8) is 0 Å². The summed E-state index contributed by atoms with van der Waals surface area (Å²) in [6.45, 7) is 11.4. The standard InChI is InChI=1S/C19H28N4S/c1-13(2)10-15-12-24-19-17(15)18(20-14(3)21-19)23-9-6-16(11-23)22-7-4-5-8-22/h12-13,16H,4-11H2,1-3H3. The highest BCUT2D eigenvalue weighted by Crippen LogP contribution is 2.35. The van der Waals surface area contributed by atoms with Crippen molar-refractivity contribution >= 4 is 27.4 Å². The molecule has 4 heterocycles. The van der Waals surface area contributed by atoms with Crippen molar-refractivity contribution in [1.82, 2.24) is 14.9 Å². The van der Waals surface area contributed by atoms with Crippen molar-refractivity contribution in [3.8, 4) is 0 Å². The lowest BCUT2D eigenvalue weighted by Gasteiger charge is -2.24. The summed E-state index contributed by atoms with van der Waals surface area (Å²) in [5, 5.41) is 3.62. The Hall–Kier alpha value is -1.20. The van der Waals surface area contributed by atoms with Crippen LogP contribution in [0.4, 0.5) is 5.82 Å². The molecule has 0 saturated carbocycles. The third-order valence-electron chi connectivity index (χ3n) is 5.35. The summed E-state index contributed by atoms with van der Waals surface area (Å²) < 4.78 is 0. The van der Waals surface area contributed by atoms with E-state index < -0.39 is 0 Å². The summed E-state index contributed by atoms with van der Waals surface area (Å²) in [6.07, 6.45) is 5.13. The van der Waals surface area contributed by atoms with E-state index in [2.05, 4.69) is 29.0 Å². The first-order valence-electron chi connectivity index (χ1n) is 9.35. The maximum atomic E-state index is 4.89. The van der Waals surface area contributed by atoms with Crippen LogP contribution >= 0.6 is 11.3 Å². The van der Waals surface area contributed by atoms with E-state index in [0.29, 0.717) is 12.0 Å². The van der Waals surface area contributed by atoms with E-state index in [4.69, 9.17) is 9.97 Å². The minimum Gasteiger partial charge on any atom is -0.354 e. The largest absolute Gasteiger partial charge is 0.354 e. The first-order chi connectivity index (χ1) is 11.6. The van der Waals surface area contributed by atoms with Gasteiger partial charge in [0, 0.05) is 19.1 Å². The van der Waals surface area contributed by atoms with Gasteiger partial charge in [-0.1, -0.05) is 13.8 Å². The minimum absolute atomic E-state index is 0.660. The number of nitrogens with zero attached hydrogens (tertiary/aromatic N) is 4. The maximum absolute atomic E-state index is 4.89. The van der Waals surface area contributed by atoms with Gasteiger partial charge in [0.1, 0.15) is 16.5 Å². The lowest BCUT2D eigenvalue weighted by atomic mass is 10.0. The smallest absolute Gasteiger partial charge is 0.141 e. The predicted molar refractivity (Wildman–Crippen MR) is 102 cm³/mol. The fourth-order valence-electron chi connectivity index (χ4n) is 4.24. The van der Waals surface area contributed by atoms with Gasteiger partial charge < -0.3 is 4.90 Å². The molecule has 1 unspecified atom stereocenters. The van der Waals surface area contributed by atoms with Gasteiger partial charge in [-0.2, -0.15) is 0 Å². The zero-order chi connectivity index (χ0) is 16.7. The quantitative estimate of drug-likeness (QED) is 0.843.